The second-order valence-electron chi connectivity index (χ2n) is 10.3. The lowest BCUT2D eigenvalue weighted by Gasteiger charge is -2.59. The zero-order valence-electron chi connectivity index (χ0n) is 17.9. The standard InChI is InChI=1S/C22H38N2O4/c1-14(2)16(21(27)10-6-11-21)24(17(15(3)4)22(28)12-7-13-22)19(26)20(18(23)25)8-5-9-20/h14-17,27-28H,5-13H2,1-4H3,(H2,23,25). The van der Waals surface area contributed by atoms with E-state index in [-0.39, 0.29) is 17.7 Å². The van der Waals surface area contributed by atoms with Crippen LogP contribution in [0.25, 0.3) is 0 Å². The molecule has 3 rings (SSSR count). The molecule has 4 N–H and O–H groups in total. The first-order valence-corrected chi connectivity index (χ1v) is 11.1. The van der Waals surface area contributed by atoms with Crippen LogP contribution in [0.15, 0.2) is 0 Å². The molecule has 0 aromatic carbocycles. The molecule has 3 saturated carbocycles. The first-order valence-electron chi connectivity index (χ1n) is 11.1. The number of hydrogen-bond acceptors (Lipinski definition) is 4. The van der Waals surface area contributed by atoms with Gasteiger partial charge in [0.15, 0.2) is 0 Å². The van der Waals surface area contributed by atoms with Crippen molar-refractivity contribution < 1.29 is 19.8 Å². The van der Waals surface area contributed by atoms with Crippen LogP contribution in [0.4, 0.5) is 0 Å². The number of hydrogen-bond donors (Lipinski definition) is 3. The molecule has 0 aromatic heterocycles. The Hall–Kier alpha value is -1.14. The van der Waals surface area contributed by atoms with Crippen molar-refractivity contribution in [1.82, 2.24) is 4.90 Å². The van der Waals surface area contributed by atoms with Crippen LogP contribution in [0.5, 0.6) is 0 Å². The quantitative estimate of drug-likeness (QED) is 0.550. The Kier molecular flexibility index (Phi) is 5.61. The van der Waals surface area contributed by atoms with Crippen molar-refractivity contribution in [2.24, 2.45) is 23.0 Å². The minimum Gasteiger partial charge on any atom is -0.388 e. The highest BCUT2D eigenvalue weighted by Crippen LogP contribution is 2.50. The third kappa shape index (κ3) is 3.17. The lowest BCUT2D eigenvalue weighted by atomic mass is 9.62. The predicted molar refractivity (Wildman–Crippen MR) is 107 cm³/mol. The number of nitrogens with zero attached hydrogens (tertiary/aromatic N) is 1. The van der Waals surface area contributed by atoms with Gasteiger partial charge in [-0.25, -0.2) is 0 Å². The van der Waals surface area contributed by atoms with Crippen LogP contribution >= 0.6 is 0 Å². The number of amides is 2. The maximum absolute atomic E-state index is 14.0. The Balaban J connectivity index is 2.09. The summed E-state index contributed by atoms with van der Waals surface area (Å²) in [7, 11) is 0. The fourth-order valence-corrected chi connectivity index (χ4v) is 5.84. The summed E-state index contributed by atoms with van der Waals surface area (Å²) in [5.41, 5.74) is 2.63. The van der Waals surface area contributed by atoms with E-state index >= 15 is 0 Å². The Morgan fingerprint density at radius 3 is 1.32 bits per heavy atom. The molecule has 3 aliphatic rings. The van der Waals surface area contributed by atoms with Gasteiger partial charge < -0.3 is 20.8 Å². The molecule has 0 aliphatic heterocycles. The van der Waals surface area contributed by atoms with Gasteiger partial charge in [0.05, 0.1) is 23.3 Å². The zero-order chi connectivity index (χ0) is 20.9. The largest absolute Gasteiger partial charge is 0.388 e. The summed E-state index contributed by atoms with van der Waals surface area (Å²) < 4.78 is 0. The highest BCUT2D eigenvalue weighted by Gasteiger charge is 2.60. The normalized spacial score (nSPS) is 26.6. The topological polar surface area (TPSA) is 104 Å². The second-order valence-corrected chi connectivity index (χ2v) is 10.3. The van der Waals surface area contributed by atoms with Gasteiger partial charge in [-0.2, -0.15) is 0 Å². The van der Waals surface area contributed by atoms with Crippen LogP contribution < -0.4 is 5.73 Å². The molecule has 6 heteroatoms. The van der Waals surface area contributed by atoms with Gasteiger partial charge in [0.25, 0.3) is 0 Å². The first kappa shape index (κ1) is 21.6. The second kappa shape index (κ2) is 7.28. The van der Waals surface area contributed by atoms with E-state index in [0.29, 0.717) is 38.5 Å². The Labute approximate surface area is 168 Å². The van der Waals surface area contributed by atoms with E-state index in [0.717, 1.165) is 19.3 Å². The van der Waals surface area contributed by atoms with Crippen molar-refractivity contribution in [3.05, 3.63) is 0 Å². The molecule has 160 valence electrons. The van der Waals surface area contributed by atoms with E-state index in [2.05, 4.69) is 0 Å². The van der Waals surface area contributed by atoms with Crippen molar-refractivity contribution in [1.29, 1.82) is 0 Å². The minimum absolute atomic E-state index is 0.00387. The number of carbonyl (C=O) groups is 2. The van der Waals surface area contributed by atoms with Crippen LogP contribution in [0.2, 0.25) is 0 Å². The molecule has 3 fully saturated rings. The van der Waals surface area contributed by atoms with E-state index in [1.807, 2.05) is 27.7 Å². The van der Waals surface area contributed by atoms with E-state index < -0.39 is 34.6 Å². The molecule has 2 amide bonds. The van der Waals surface area contributed by atoms with Crippen LogP contribution in [0.3, 0.4) is 0 Å². The SMILES string of the molecule is CC(C)C(N(C(=O)C1(C(N)=O)CCC1)C(C(C)C)C1(O)CCC1)C1(O)CCC1. The van der Waals surface area contributed by atoms with Gasteiger partial charge in [-0.05, 0) is 63.2 Å². The summed E-state index contributed by atoms with van der Waals surface area (Å²) in [6, 6.07) is -0.856. The highest BCUT2D eigenvalue weighted by atomic mass is 16.3. The lowest BCUT2D eigenvalue weighted by molar-refractivity contribution is -0.199. The summed E-state index contributed by atoms with van der Waals surface area (Å²) in [6.45, 7) is 8.06. The monoisotopic (exact) mass is 394 g/mol. The predicted octanol–water partition coefficient (Wildman–Crippen LogP) is 2.35. The maximum Gasteiger partial charge on any atom is 0.238 e. The van der Waals surface area contributed by atoms with Crippen molar-refractivity contribution in [3.63, 3.8) is 0 Å². The van der Waals surface area contributed by atoms with Gasteiger partial charge in [0.2, 0.25) is 11.8 Å². The minimum atomic E-state index is -1.18. The summed E-state index contributed by atoms with van der Waals surface area (Å²) in [4.78, 5) is 28.1. The van der Waals surface area contributed by atoms with Gasteiger partial charge in [-0.15, -0.1) is 0 Å². The molecule has 0 spiro atoms. The van der Waals surface area contributed by atoms with E-state index in [1.54, 1.807) is 4.90 Å². The summed E-state index contributed by atoms with van der Waals surface area (Å²) in [5, 5.41) is 22.7. The third-order valence-electron chi connectivity index (χ3n) is 7.72. The molecule has 0 aromatic rings. The average molecular weight is 395 g/mol. The van der Waals surface area contributed by atoms with Crippen molar-refractivity contribution in [2.75, 3.05) is 0 Å². The van der Waals surface area contributed by atoms with Crippen molar-refractivity contribution in [2.45, 2.75) is 109 Å². The maximum atomic E-state index is 14.0. The highest BCUT2D eigenvalue weighted by molar-refractivity contribution is 6.05. The van der Waals surface area contributed by atoms with Gasteiger partial charge in [-0.3, -0.25) is 9.59 Å². The third-order valence-corrected chi connectivity index (χ3v) is 7.72. The molecule has 0 saturated heterocycles. The van der Waals surface area contributed by atoms with E-state index in [9.17, 15) is 19.8 Å². The fourth-order valence-electron chi connectivity index (χ4n) is 5.84. The van der Waals surface area contributed by atoms with E-state index in [1.165, 1.54) is 0 Å². The first-order chi connectivity index (χ1) is 13.0. The molecule has 2 unspecified atom stereocenters. The van der Waals surface area contributed by atoms with E-state index in [4.69, 9.17) is 5.73 Å². The molecular weight excluding hydrogens is 356 g/mol. The fraction of sp³-hybridized carbons (Fsp3) is 0.909. The van der Waals surface area contributed by atoms with Gasteiger partial charge in [0.1, 0.15) is 5.41 Å². The summed E-state index contributed by atoms with van der Waals surface area (Å²) >= 11 is 0. The molecule has 6 nitrogen and oxygen atoms in total. The number of rotatable bonds is 8. The molecule has 0 heterocycles. The van der Waals surface area contributed by atoms with Crippen LogP contribution in [-0.4, -0.2) is 50.2 Å². The van der Waals surface area contributed by atoms with Crippen LogP contribution in [0, 0.1) is 17.3 Å². The van der Waals surface area contributed by atoms with Crippen LogP contribution in [0.1, 0.15) is 85.5 Å². The number of nitrogens with two attached hydrogens (primary N) is 1. The summed E-state index contributed by atoms with van der Waals surface area (Å²) in [5.74, 6) is -0.836. The Morgan fingerprint density at radius 1 is 0.786 bits per heavy atom. The van der Waals surface area contributed by atoms with Gasteiger partial charge in [-0.1, -0.05) is 34.1 Å². The van der Waals surface area contributed by atoms with Crippen LogP contribution in [-0.2, 0) is 9.59 Å². The van der Waals surface area contributed by atoms with Gasteiger partial charge in [0, 0.05) is 0 Å². The number of aliphatic hydroxyl groups is 2. The Morgan fingerprint density at radius 2 is 1.14 bits per heavy atom. The summed E-state index contributed by atoms with van der Waals surface area (Å²) in [6.07, 6.45) is 6.17. The smallest absolute Gasteiger partial charge is 0.238 e. The molecule has 0 bridgehead atoms. The Bertz CT molecular complexity index is 586. The zero-order valence-corrected chi connectivity index (χ0v) is 17.9. The number of primary amides is 1. The molecule has 2 atom stereocenters. The molecule has 0 radical (unpaired) electrons. The number of carbonyl (C=O) groups excluding carboxylic acids is 2. The molecule has 3 aliphatic carbocycles. The average Bonchev–Trinajstić information content (AvgIpc) is 2.48. The van der Waals surface area contributed by atoms with Gasteiger partial charge >= 0.3 is 0 Å². The van der Waals surface area contributed by atoms with Crippen molar-refractivity contribution in [3.8, 4) is 0 Å². The molecular formula is C22H38N2O4. The lowest BCUT2D eigenvalue weighted by Crippen LogP contribution is -2.72. The van der Waals surface area contributed by atoms with Crippen molar-refractivity contribution >= 4 is 11.8 Å². The molecule has 28 heavy (non-hydrogen) atoms.